The monoisotopic (exact) mass is 400 g/mol. The molecule has 0 saturated heterocycles. The number of hydrogen-bond acceptors (Lipinski definition) is 4. The molecule has 0 bridgehead atoms. The molecular weight excluding hydrogens is 372 g/mol. The summed E-state index contributed by atoms with van der Waals surface area (Å²) in [6.45, 7) is 7.36. The van der Waals surface area contributed by atoms with Crippen LogP contribution in [0.5, 0.6) is 5.75 Å². The number of anilines is 1. The molecule has 2 aromatic heterocycles. The molecule has 0 amide bonds. The van der Waals surface area contributed by atoms with Crippen LogP contribution in [0.3, 0.4) is 0 Å². The number of benzene rings is 2. The third-order valence-electron chi connectivity index (χ3n) is 5.25. The van der Waals surface area contributed by atoms with Crippen LogP contribution in [0.15, 0.2) is 72.9 Å². The van der Waals surface area contributed by atoms with Gasteiger partial charge < -0.3 is 14.9 Å². The smallest absolute Gasteiger partial charge is 0.137 e. The Morgan fingerprint density at radius 1 is 0.933 bits per heavy atom. The van der Waals surface area contributed by atoms with E-state index in [1.54, 1.807) is 0 Å². The lowest BCUT2D eigenvalue weighted by atomic mass is 10.1. The van der Waals surface area contributed by atoms with Crippen LogP contribution in [0.4, 0.5) is 5.69 Å². The molecule has 0 radical (unpaired) electrons. The lowest BCUT2D eigenvalue weighted by molar-refractivity contribution is 0.268. The van der Waals surface area contributed by atoms with Crippen LogP contribution < -0.4 is 10.5 Å². The van der Waals surface area contributed by atoms with E-state index < -0.39 is 0 Å². The highest BCUT2D eigenvalue weighted by Crippen LogP contribution is 2.33. The highest BCUT2D eigenvalue weighted by molar-refractivity contribution is 5.72. The van der Waals surface area contributed by atoms with Crippen LogP contribution in [-0.2, 0) is 13.1 Å². The van der Waals surface area contributed by atoms with Gasteiger partial charge in [-0.1, -0.05) is 49.4 Å². The van der Waals surface area contributed by atoms with Gasteiger partial charge in [0.2, 0.25) is 0 Å². The first-order valence-electron chi connectivity index (χ1n) is 10.4. The summed E-state index contributed by atoms with van der Waals surface area (Å²) in [5, 5.41) is 0. The molecular formula is C25H28N4O. The third-order valence-corrected chi connectivity index (χ3v) is 5.25. The van der Waals surface area contributed by atoms with Crippen LogP contribution in [-0.4, -0.2) is 27.4 Å². The lowest BCUT2D eigenvalue weighted by Gasteiger charge is -2.21. The van der Waals surface area contributed by atoms with Gasteiger partial charge in [0, 0.05) is 30.5 Å². The number of pyridine rings is 1. The Balaban J connectivity index is 1.79. The topological polar surface area (TPSA) is 55.8 Å². The van der Waals surface area contributed by atoms with Crippen molar-refractivity contribution in [1.29, 1.82) is 0 Å². The molecule has 5 heteroatoms. The Morgan fingerprint density at radius 3 is 2.47 bits per heavy atom. The molecule has 0 unspecified atom stereocenters. The minimum atomic E-state index is 0.613. The van der Waals surface area contributed by atoms with Crippen molar-refractivity contribution in [3.63, 3.8) is 0 Å². The van der Waals surface area contributed by atoms with Gasteiger partial charge in [-0.3, -0.25) is 4.90 Å². The molecule has 0 atom stereocenters. The second-order valence-corrected chi connectivity index (χ2v) is 7.32. The Bertz CT molecular complexity index is 1120. The number of imidazole rings is 1. The van der Waals surface area contributed by atoms with Crippen LogP contribution in [0.25, 0.3) is 16.9 Å². The first-order valence-corrected chi connectivity index (χ1v) is 10.4. The van der Waals surface area contributed by atoms with Gasteiger partial charge in [0.1, 0.15) is 11.4 Å². The number of hydrogen-bond donors (Lipinski definition) is 1. The third kappa shape index (κ3) is 4.16. The van der Waals surface area contributed by atoms with Gasteiger partial charge in [-0.05, 0) is 43.3 Å². The Labute approximate surface area is 177 Å². The summed E-state index contributed by atoms with van der Waals surface area (Å²) < 4.78 is 8.02. The lowest BCUT2D eigenvalue weighted by Crippen LogP contribution is -2.23. The van der Waals surface area contributed by atoms with Crippen molar-refractivity contribution < 1.29 is 4.74 Å². The second-order valence-electron chi connectivity index (χ2n) is 7.32. The zero-order valence-electron chi connectivity index (χ0n) is 17.6. The Morgan fingerprint density at radius 2 is 1.70 bits per heavy atom. The number of aromatic nitrogens is 2. The quantitative estimate of drug-likeness (QED) is 0.452. The number of nitrogens with two attached hydrogens (primary N) is 1. The first-order chi connectivity index (χ1) is 14.7. The average molecular weight is 401 g/mol. The number of nitrogens with zero attached hydrogens (tertiary/aromatic N) is 3. The summed E-state index contributed by atoms with van der Waals surface area (Å²) in [6.07, 6.45) is 1.96. The van der Waals surface area contributed by atoms with Gasteiger partial charge >= 0.3 is 0 Å². The van der Waals surface area contributed by atoms with Gasteiger partial charge in [0.15, 0.2) is 0 Å². The van der Waals surface area contributed by atoms with Crippen LogP contribution in [0, 0.1) is 0 Å². The van der Waals surface area contributed by atoms with Crippen molar-refractivity contribution in [1.82, 2.24) is 14.3 Å². The number of para-hydroxylation sites is 1. The fourth-order valence-electron chi connectivity index (χ4n) is 3.75. The molecule has 0 aliphatic carbocycles. The Kier molecular flexibility index (Phi) is 6.00. The Hall–Kier alpha value is -3.31. The standard InChI is InChI=1S/C25H28N4O/c1-3-28(16-19-10-6-5-7-11-19)18-22-25(21-12-8-9-13-23(21)30-4-2)27-24-15-14-20(26)17-29(22)24/h5-15,17H,3-4,16,18,26H2,1-2H3. The predicted octanol–water partition coefficient (Wildman–Crippen LogP) is 5.00. The fraction of sp³-hybridized carbons (Fsp3) is 0.240. The van der Waals surface area contributed by atoms with E-state index in [9.17, 15) is 0 Å². The summed E-state index contributed by atoms with van der Waals surface area (Å²) in [5.41, 5.74) is 12.1. The van der Waals surface area contributed by atoms with Gasteiger partial charge in [-0.2, -0.15) is 0 Å². The van der Waals surface area contributed by atoms with Crippen LogP contribution in [0.1, 0.15) is 25.1 Å². The number of fused-ring (bicyclic) bond motifs is 1. The van der Waals surface area contributed by atoms with Gasteiger partial charge in [-0.15, -0.1) is 0 Å². The van der Waals surface area contributed by atoms with Crippen molar-refractivity contribution in [2.45, 2.75) is 26.9 Å². The largest absolute Gasteiger partial charge is 0.493 e. The molecule has 0 saturated carbocycles. The molecule has 2 N–H and O–H groups in total. The summed E-state index contributed by atoms with van der Waals surface area (Å²) in [5.74, 6) is 0.851. The van der Waals surface area contributed by atoms with Crippen molar-refractivity contribution in [2.24, 2.45) is 0 Å². The normalized spacial score (nSPS) is 11.3. The number of rotatable bonds is 8. The number of ether oxygens (including phenoxy) is 1. The molecule has 2 aromatic carbocycles. The van der Waals surface area contributed by atoms with Crippen molar-refractivity contribution in [3.05, 3.63) is 84.2 Å². The van der Waals surface area contributed by atoms with E-state index in [2.05, 4.69) is 52.6 Å². The number of nitrogen functional groups attached to an aromatic ring is 1. The zero-order chi connectivity index (χ0) is 20.9. The molecule has 0 aliphatic rings. The van der Waals surface area contributed by atoms with Gasteiger partial charge in [0.05, 0.1) is 18.0 Å². The zero-order valence-corrected chi connectivity index (χ0v) is 17.6. The molecule has 4 rings (SSSR count). The fourth-order valence-corrected chi connectivity index (χ4v) is 3.75. The maximum absolute atomic E-state index is 6.12. The molecule has 0 spiro atoms. The predicted molar refractivity (Wildman–Crippen MR) is 122 cm³/mol. The maximum Gasteiger partial charge on any atom is 0.137 e. The molecule has 5 nitrogen and oxygen atoms in total. The summed E-state index contributed by atoms with van der Waals surface area (Å²) in [6, 6.07) is 22.5. The highest BCUT2D eigenvalue weighted by atomic mass is 16.5. The van der Waals surface area contributed by atoms with E-state index >= 15 is 0 Å². The van der Waals surface area contributed by atoms with Crippen LogP contribution >= 0.6 is 0 Å². The first kappa shape index (κ1) is 20.0. The summed E-state index contributed by atoms with van der Waals surface area (Å²) in [7, 11) is 0. The molecule has 2 heterocycles. The molecule has 30 heavy (non-hydrogen) atoms. The minimum absolute atomic E-state index is 0.613. The van der Waals surface area contributed by atoms with E-state index in [-0.39, 0.29) is 0 Å². The van der Waals surface area contributed by atoms with E-state index in [0.717, 1.165) is 53.7 Å². The van der Waals surface area contributed by atoms with Crippen molar-refractivity contribution in [3.8, 4) is 17.0 Å². The van der Waals surface area contributed by atoms with Gasteiger partial charge in [-0.25, -0.2) is 4.98 Å². The average Bonchev–Trinajstić information content (AvgIpc) is 3.12. The van der Waals surface area contributed by atoms with E-state index in [1.165, 1.54) is 5.56 Å². The molecule has 0 fully saturated rings. The minimum Gasteiger partial charge on any atom is -0.493 e. The van der Waals surface area contributed by atoms with E-state index in [0.29, 0.717) is 6.61 Å². The molecule has 154 valence electrons. The summed E-state index contributed by atoms with van der Waals surface area (Å²) in [4.78, 5) is 7.37. The molecule has 0 aliphatic heterocycles. The van der Waals surface area contributed by atoms with Crippen molar-refractivity contribution in [2.75, 3.05) is 18.9 Å². The van der Waals surface area contributed by atoms with Crippen molar-refractivity contribution >= 4 is 11.3 Å². The van der Waals surface area contributed by atoms with Gasteiger partial charge in [0.25, 0.3) is 0 Å². The summed E-state index contributed by atoms with van der Waals surface area (Å²) >= 11 is 0. The SMILES string of the molecule is CCOc1ccccc1-c1nc2ccc(N)cn2c1CN(CC)Cc1ccccc1. The van der Waals surface area contributed by atoms with E-state index in [1.807, 2.05) is 43.5 Å². The highest BCUT2D eigenvalue weighted by Gasteiger charge is 2.19. The second kappa shape index (κ2) is 9.01. The molecule has 4 aromatic rings. The van der Waals surface area contributed by atoms with E-state index in [4.69, 9.17) is 15.5 Å². The maximum atomic E-state index is 6.12. The van der Waals surface area contributed by atoms with Crippen LogP contribution in [0.2, 0.25) is 0 Å².